The van der Waals surface area contributed by atoms with Crippen LogP contribution in [0.5, 0.6) is 0 Å². The summed E-state index contributed by atoms with van der Waals surface area (Å²) in [5.41, 5.74) is 0.515. The second kappa shape index (κ2) is 5.20. The molecule has 0 aliphatic heterocycles. The number of hydrogen-bond acceptors (Lipinski definition) is 1. The van der Waals surface area contributed by atoms with E-state index in [4.69, 9.17) is 0 Å². The summed E-state index contributed by atoms with van der Waals surface area (Å²) < 4.78 is 27.5. The molecule has 0 spiro atoms. The third-order valence-electron chi connectivity index (χ3n) is 4.85. The minimum atomic E-state index is -0.732. The summed E-state index contributed by atoms with van der Waals surface area (Å²) in [4.78, 5) is 0. The molecule has 1 aromatic rings. The Morgan fingerprint density at radius 2 is 1.89 bits per heavy atom. The van der Waals surface area contributed by atoms with Gasteiger partial charge in [-0.2, -0.15) is 0 Å². The summed E-state index contributed by atoms with van der Waals surface area (Å²) >= 11 is 0. The summed E-state index contributed by atoms with van der Waals surface area (Å²) in [6.45, 7) is 2.81. The van der Waals surface area contributed by atoms with Crippen molar-refractivity contribution in [3.05, 3.63) is 35.4 Å². The molecule has 1 aromatic carbocycles. The number of halogens is 2. The molecule has 3 heteroatoms. The van der Waals surface area contributed by atoms with Crippen molar-refractivity contribution in [1.29, 1.82) is 0 Å². The molecule has 104 valence electrons. The third kappa shape index (κ3) is 2.29. The van der Waals surface area contributed by atoms with Crippen LogP contribution in [0.25, 0.3) is 0 Å². The average Bonchev–Trinajstić information content (AvgIpc) is 3.14. The SMILES string of the molecule is CCNC(c1cccc(F)c1F)C1C2CCCCC21. The second-order valence-electron chi connectivity index (χ2n) is 5.87. The fourth-order valence-corrected chi connectivity index (χ4v) is 3.98. The number of rotatable bonds is 4. The lowest BCUT2D eigenvalue weighted by Gasteiger charge is -2.19. The van der Waals surface area contributed by atoms with Crippen molar-refractivity contribution >= 4 is 0 Å². The molecular weight excluding hydrogens is 244 g/mol. The highest BCUT2D eigenvalue weighted by Gasteiger charge is 2.54. The van der Waals surface area contributed by atoms with E-state index in [1.54, 1.807) is 12.1 Å². The van der Waals surface area contributed by atoms with E-state index in [0.717, 1.165) is 18.4 Å². The molecule has 0 amide bonds. The first-order valence-corrected chi connectivity index (χ1v) is 7.41. The van der Waals surface area contributed by atoms with Crippen LogP contribution < -0.4 is 5.32 Å². The lowest BCUT2D eigenvalue weighted by Crippen LogP contribution is -2.25. The van der Waals surface area contributed by atoms with Crippen molar-refractivity contribution in [2.45, 2.75) is 38.6 Å². The molecule has 0 heterocycles. The number of hydrogen-bond donors (Lipinski definition) is 1. The van der Waals surface area contributed by atoms with Crippen LogP contribution in [-0.2, 0) is 0 Å². The van der Waals surface area contributed by atoms with E-state index in [2.05, 4.69) is 5.32 Å². The Morgan fingerprint density at radius 3 is 2.53 bits per heavy atom. The zero-order valence-corrected chi connectivity index (χ0v) is 11.3. The van der Waals surface area contributed by atoms with Crippen LogP contribution in [0.1, 0.15) is 44.2 Å². The normalized spacial score (nSPS) is 30.8. The van der Waals surface area contributed by atoms with E-state index >= 15 is 0 Å². The minimum Gasteiger partial charge on any atom is -0.310 e. The maximum atomic E-state index is 14.0. The monoisotopic (exact) mass is 265 g/mol. The molecule has 3 rings (SSSR count). The zero-order valence-electron chi connectivity index (χ0n) is 11.3. The van der Waals surface area contributed by atoms with E-state index < -0.39 is 11.6 Å². The zero-order chi connectivity index (χ0) is 13.4. The number of fused-ring (bicyclic) bond motifs is 1. The predicted molar refractivity (Wildman–Crippen MR) is 71.7 cm³/mol. The highest BCUT2D eigenvalue weighted by Crippen LogP contribution is 2.60. The van der Waals surface area contributed by atoms with Gasteiger partial charge in [0, 0.05) is 11.6 Å². The molecule has 3 atom stereocenters. The molecule has 3 unspecified atom stereocenters. The standard InChI is InChI=1S/C16H21F2N/c1-2-19-16(12-8-5-9-13(17)15(12)18)14-10-6-3-4-7-11(10)14/h5,8-11,14,16,19H,2-4,6-7H2,1H3. The first-order valence-electron chi connectivity index (χ1n) is 7.41. The highest BCUT2D eigenvalue weighted by molar-refractivity contribution is 5.26. The van der Waals surface area contributed by atoms with Gasteiger partial charge in [-0.1, -0.05) is 31.9 Å². The average molecular weight is 265 g/mol. The van der Waals surface area contributed by atoms with Gasteiger partial charge < -0.3 is 5.32 Å². The fraction of sp³-hybridized carbons (Fsp3) is 0.625. The van der Waals surface area contributed by atoms with Gasteiger partial charge in [-0.15, -0.1) is 0 Å². The molecule has 2 saturated carbocycles. The molecule has 19 heavy (non-hydrogen) atoms. The Labute approximate surface area is 113 Å². The summed E-state index contributed by atoms with van der Waals surface area (Å²) in [7, 11) is 0. The summed E-state index contributed by atoms with van der Waals surface area (Å²) in [6, 6.07) is 4.52. The van der Waals surface area contributed by atoms with E-state index in [1.807, 2.05) is 6.92 Å². The maximum Gasteiger partial charge on any atom is 0.163 e. The molecule has 0 saturated heterocycles. The van der Waals surface area contributed by atoms with Crippen molar-refractivity contribution in [2.24, 2.45) is 17.8 Å². The Kier molecular flexibility index (Phi) is 3.57. The van der Waals surface area contributed by atoms with Crippen LogP contribution >= 0.6 is 0 Å². The van der Waals surface area contributed by atoms with Crippen LogP contribution in [0.2, 0.25) is 0 Å². The van der Waals surface area contributed by atoms with Crippen molar-refractivity contribution in [1.82, 2.24) is 5.32 Å². The number of benzene rings is 1. The quantitative estimate of drug-likeness (QED) is 0.866. The van der Waals surface area contributed by atoms with E-state index in [0.29, 0.717) is 11.5 Å². The first kappa shape index (κ1) is 13.0. The van der Waals surface area contributed by atoms with E-state index in [1.165, 1.54) is 31.7 Å². The van der Waals surface area contributed by atoms with Gasteiger partial charge >= 0.3 is 0 Å². The van der Waals surface area contributed by atoms with Crippen LogP contribution in [-0.4, -0.2) is 6.54 Å². The second-order valence-corrected chi connectivity index (χ2v) is 5.87. The molecular formula is C16H21F2N. The Balaban J connectivity index is 1.87. The summed E-state index contributed by atoms with van der Waals surface area (Å²) in [6.07, 6.45) is 5.10. The Morgan fingerprint density at radius 1 is 1.21 bits per heavy atom. The third-order valence-corrected chi connectivity index (χ3v) is 4.85. The summed E-state index contributed by atoms with van der Waals surface area (Å²) in [5.74, 6) is 0.542. The van der Waals surface area contributed by atoms with E-state index in [9.17, 15) is 8.78 Å². The molecule has 2 fully saturated rings. The lowest BCUT2D eigenvalue weighted by atomic mass is 9.99. The highest BCUT2D eigenvalue weighted by atomic mass is 19.2. The summed E-state index contributed by atoms with van der Waals surface area (Å²) in [5, 5.41) is 3.38. The Hall–Kier alpha value is -0.960. The predicted octanol–water partition coefficient (Wildman–Crippen LogP) is 4.05. The van der Waals surface area contributed by atoms with Crippen LogP contribution in [0.15, 0.2) is 18.2 Å². The van der Waals surface area contributed by atoms with Crippen molar-refractivity contribution in [3.63, 3.8) is 0 Å². The van der Waals surface area contributed by atoms with Gasteiger partial charge in [0.1, 0.15) is 0 Å². The van der Waals surface area contributed by atoms with Crippen molar-refractivity contribution in [3.8, 4) is 0 Å². The molecule has 0 bridgehead atoms. The first-order chi connectivity index (χ1) is 9.24. The minimum absolute atomic E-state index is 0.0196. The van der Waals surface area contributed by atoms with Crippen molar-refractivity contribution in [2.75, 3.05) is 6.54 Å². The van der Waals surface area contributed by atoms with Crippen LogP contribution in [0.4, 0.5) is 8.78 Å². The largest absolute Gasteiger partial charge is 0.310 e. The Bertz CT molecular complexity index is 448. The van der Waals surface area contributed by atoms with Gasteiger partial charge in [0.15, 0.2) is 11.6 Å². The fourth-order valence-electron chi connectivity index (χ4n) is 3.98. The van der Waals surface area contributed by atoms with Gasteiger partial charge in [-0.3, -0.25) is 0 Å². The molecule has 0 radical (unpaired) electrons. The van der Waals surface area contributed by atoms with Gasteiger partial charge in [0.25, 0.3) is 0 Å². The lowest BCUT2D eigenvalue weighted by molar-refractivity contribution is 0.420. The molecule has 2 aliphatic rings. The molecule has 2 aliphatic carbocycles. The van der Waals surface area contributed by atoms with Crippen molar-refractivity contribution < 1.29 is 8.78 Å². The van der Waals surface area contributed by atoms with Crippen LogP contribution in [0.3, 0.4) is 0 Å². The molecule has 1 nitrogen and oxygen atoms in total. The number of nitrogens with one attached hydrogen (secondary N) is 1. The topological polar surface area (TPSA) is 12.0 Å². The van der Waals surface area contributed by atoms with Gasteiger partial charge in [0.2, 0.25) is 0 Å². The van der Waals surface area contributed by atoms with Gasteiger partial charge in [-0.25, -0.2) is 8.78 Å². The molecule has 0 aromatic heterocycles. The smallest absolute Gasteiger partial charge is 0.163 e. The maximum absolute atomic E-state index is 14.0. The van der Waals surface area contributed by atoms with Gasteiger partial charge in [-0.05, 0) is 43.2 Å². The molecule has 1 N–H and O–H groups in total. The van der Waals surface area contributed by atoms with Crippen LogP contribution in [0, 0.1) is 29.4 Å². The van der Waals surface area contributed by atoms with E-state index in [-0.39, 0.29) is 6.04 Å². The van der Waals surface area contributed by atoms with Gasteiger partial charge in [0.05, 0.1) is 0 Å².